The molecular formula is C5H9FO. The molecule has 0 amide bonds. The summed E-state index contributed by atoms with van der Waals surface area (Å²) in [4.78, 5) is 0. The molecule has 0 N–H and O–H groups in total. The highest BCUT2D eigenvalue weighted by Gasteiger charge is 2.28. The van der Waals surface area contributed by atoms with E-state index in [-0.39, 0.29) is 6.61 Å². The van der Waals surface area contributed by atoms with Crippen LogP contribution in [0.25, 0.3) is 0 Å². The van der Waals surface area contributed by atoms with Crippen LogP contribution in [0.3, 0.4) is 0 Å². The maximum atomic E-state index is 12.5. The van der Waals surface area contributed by atoms with E-state index in [1.807, 2.05) is 0 Å². The Morgan fingerprint density at radius 3 is 2.57 bits per heavy atom. The van der Waals surface area contributed by atoms with Crippen LogP contribution in [0.15, 0.2) is 0 Å². The largest absolute Gasteiger partial charge is 0.378 e. The van der Waals surface area contributed by atoms with Gasteiger partial charge in [0.1, 0.15) is 5.67 Å². The van der Waals surface area contributed by atoms with Crippen molar-refractivity contribution < 1.29 is 9.13 Å². The predicted octanol–water partition coefficient (Wildman–Crippen LogP) is 1.13. The highest BCUT2D eigenvalue weighted by Crippen LogP contribution is 2.21. The van der Waals surface area contributed by atoms with Gasteiger partial charge in [-0.25, -0.2) is 4.39 Å². The van der Waals surface area contributed by atoms with Gasteiger partial charge in [0.2, 0.25) is 0 Å². The predicted molar refractivity (Wildman–Crippen MR) is 24.9 cm³/mol. The Hall–Kier alpha value is -0.110. The third kappa shape index (κ3) is 1.13. The normalized spacial score (nSPS) is 42.0. The lowest BCUT2D eigenvalue weighted by atomic mass is 10.1. The quantitative estimate of drug-likeness (QED) is 0.447. The van der Waals surface area contributed by atoms with Crippen molar-refractivity contribution in [2.75, 3.05) is 13.2 Å². The number of hydrogen-bond acceptors (Lipinski definition) is 1. The average molecular weight is 104 g/mol. The Morgan fingerprint density at radius 1 is 1.71 bits per heavy atom. The number of ether oxygens (including phenoxy) is 1. The molecule has 0 radical (unpaired) electrons. The molecule has 1 heterocycles. The number of alkyl halides is 1. The smallest absolute Gasteiger partial charge is 0.133 e. The molecule has 1 atom stereocenters. The van der Waals surface area contributed by atoms with Gasteiger partial charge in [0.15, 0.2) is 0 Å². The van der Waals surface area contributed by atoms with Gasteiger partial charge in [-0.2, -0.15) is 0 Å². The molecule has 0 aromatic rings. The molecule has 1 rings (SSSR count). The monoisotopic (exact) mass is 104 g/mol. The molecule has 0 bridgehead atoms. The zero-order valence-electron chi connectivity index (χ0n) is 4.41. The van der Waals surface area contributed by atoms with Crippen LogP contribution in [-0.2, 0) is 4.74 Å². The van der Waals surface area contributed by atoms with E-state index in [1.165, 1.54) is 0 Å². The van der Waals surface area contributed by atoms with E-state index in [0.717, 1.165) is 0 Å². The summed E-state index contributed by atoms with van der Waals surface area (Å²) in [6.07, 6.45) is 0.562. The van der Waals surface area contributed by atoms with Crippen molar-refractivity contribution in [2.45, 2.75) is 19.0 Å². The molecule has 2 heteroatoms. The molecule has 1 nitrogen and oxygen atoms in total. The SMILES string of the molecule is C[C@]1(F)CCOC1. The summed E-state index contributed by atoms with van der Waals surface area (Å²) in [5.74, 6) is 0. The molecule has 0 aromatic carbocycles. The molecule has 42 valence electrons. The molecule has 0 aliphatic carbocycles. The second-order valence-corrected chi connectivity index (χ2v) is 2.22. The summed E-state index contributed by atoms with van der Waals surface area (Å²) < 4.78 is 17.3. The van der Waals surface area contributed by atoms with Crippen molar-refractivity contribution >= 4 is 0 Å². The molecule has 7 heavy (non-hydrogen) atoms. The number of rotatable bonds is 0. The average Bonchev–Trinajstić information content (AvgIpc) is 1.84. The van der Waals surface area contributed by atoms with Crippen molar-refractivity contribution in [3.63, 3.8) is 0 Å². The minimum absolute atomic E-state index is 0.285. The van der Waals surface area contributed by atoms with E-state index >= 15 is 0 Å². The number of hydrogen-bond donors (Lipinski definition) is 0. The zero-order valence-corrected chi connectivity index (χ0v) is 4.41. The third-order valence-electron chi connectivity index (χ3n) is 1.17. The summed E-state index contributed by atoms with van der Waals surface area (Å²) in [6, 6.07) is 0. The lowest BCUT2D eigenvalue weighted by Gasteiger charge is -2.06. The van der Waals surface area contributed by atoms with E-state index in [4.69, 9.17) is 4.74 Å². The van der Waals surface area contributed by atoms with Gasteiger partial charge in [0.25, 0.3) is 0 Å². The standard InChI is InChI=1S/C5H9FO/c1-5(6)2-3-7-4-5/h2-4H2,1H3/t5-/m0/s1. The fourth-order valence-corrected chi connectivity index (χ4v) is 0.642. The van der Waals surface area contributed by atoms with Crippen molar-refractivity contribution in [3.8, 4) is 0 Å². The Morgan fingerprint density at radius 2 is 2.43 bits per heavy atom. The topological polar surface area (TPSA) is 9.23 Å². The van der Waals surface area contributed by atoms with Crippen molar-refractivity contribution in [2.24, 2.45) is 0 Å². The summed E-state index contributed by atoms with van der Waals surface area (Å²) >= 11 is 0. The molecule has 1 saturated heterocycles. The van der Waals surface area contributed by atoms with Crippen molar-refractivity contribution in [1.29, 1.82) is 0 Å². The first-order valence-electron chi connectivity index (χ1n) is 2.47. The maximum absolute atomic E-state index is 12.5. The first kappa shape index (κ1) is 5.04. The Labute approximate surface area is 42.5 Å². The first-order chi connectivity index (χ1) is 3.21. The highest BCUT2D eigenvalue weighted by atomic mass is 19.1. The van der Waals surface area contributed by atoms with Crippen LogP contribution in [0.5, 0.6) is 0 Å². The van der Waals surface area contributed by atoms with Crippen LogP contribution in [0.1, 0.15) is 13.3 Å². The Kier molecular flexibility index (Phi) is 1.04. The highest BCUT2D eigenvalue weighted by molar-refractivity contribution is 4.76. The third-order valence-corrected chi connectivity index (χ3v) is 1.17. The Balaban J connectivity index is 2.40. The van der Waals surface area contributed by atoms with Gasteiger partial charge in [0.05, 0.1) is 6.61 Å². The Bertz CT molecular complexity index is 62.5. The maximum Gasteiger partial charge on any atom is 0.133 e. The van der Waals surface area contributed by atoms with Crippen LogP contribution in [-0.4, -0.2) is 18.9 Å². The van der Waals surface area contributed by atoms with Crippen LogP contribution < -0.4 is 0 Å². The molecular weight excluding hydrogens is 95.1 g/mol. The second-order valence-electron chi connectivity index (χ2n) is 2.22. The fourth-order valence-electron chi connectivity index (χ4n) is 0.642. The molecule has 1 fully saturated rings. The van der Waals surface area contributed by atoms with E-state index in [0.29, 0.717) is 13.0 Å². The molecule has 0 spiro atoms. The molecule has 0 unspecified atom stereocenters. The van der Waals surface area contributed by atoms with Gasteiger partial charge >= 0.3 is 0 Å². The lowest BCUT2D eigenvalue weighted by molar-refractivity contribution is 0.126. The zero-order chi connectivity index (χ0) is 5.33. The molecule has 1 aliphatic heterocycles. The van der Waals surface area contributed by atoms with E-state index in [1.54, 1.807) is 6.92 Å². The lowest BCUT2D eigenvalue weighted by Crippen LogP contribution is -2.15. The summed E-state index contributed by atoms with van der Waals surface area (Å²) in [6.45, 7) is 2.44. The van der Waals surface area contributed by atoms with Crippen LogP contribution >= 0.6 is 0 Å². The van der Waals surface area contributed by atoms with E-state index in [2.05, 4.69) is 0 Å². The van der Waals surface area contributed by atoms with E-state index in [9.17, 15) is 4.39 Å². The molecule has 0 saturated carbocycles. The van der Waals surface area contributed by atoms with Crippen LogP contribution in [0.4, 0.5) is 4.39 Å². The summed E-state index contributed by atoms with van der Waals surface area (Å²) in [5, 5.41) is 0. The van der Waals surface area contributed by atoms with E-state index < -0.39 is 5.67 Å². The minimum atomic E-state index is -1.03. The van der Waals surface area contributed by atoms with Gasteiger partial charge in [-0.15, -0.1) is 0 Å². The summed E-state index contributed by atoms with van der Waals surface area (Å²) in [5.41, 5.74) is -1.03. The van der Waals surface area contributed by atoms with Crippen molar-refractivity contribution in [3.05, 3.63) is 0 Å². The second kappa shape index (κ2) is 1.44. The fraction of sp³-hybridized carbons (Fsp3) is 1.00. The van der Waals surface area contributed by atoms with Gasteiger partial charge < -0.3 is 4.74 Å². The van der Waals surface area contributed by atoms with Crippen LogP contribution in [0, 0.1) is 0 Å². The van der Waals surface area contributed by atoms with Crippen LogP contribution in [0.2, 0.25) is 0 Å². The first-order valence-corrected chi connectivity index (χ1v) is 2.47. The summed E-state index contributed by atoms with van der Waals surface area (Å²) in [7, 11) is 0. The van der Waals surface area contributed by atoms with Gasteiger partial charge in [-0.3, -0.25) is 0 Å². The minimum Gasteiger partial charge on any atom is -0.378 e. The van der Waals surface area contributed by atoms with Crippen molar-refractivity contribution in [1.82, 2.24) is 0 Å². The molecule has 1 aliphatic rings. The molecule has 0 aromatic heterocycles. The van der Waals surface area contributed by atoms with Gasteiger partial charge in [-0.05, 0) is 6.92 Å². The van der Waals surface area contributed by atoms with Gasteiger partial charge in [0, 0.05) is 13.0 Å². The van der Waals surface area contributed by atoms with Gasteiger partial charge in [-0.1, -0.05) is 0 Å². The number of halogens is 1.